The number of carbonyl (C=O) groups is 3. The minimum Gasteiger partial charge on any atom is -0.495 e. The first kappa shape index (κ1) is 25.6. The van der Waals surface area contributed by atoms with Crippen LogP contribution in [0.15, 0.2) is 65.3 Å². The van der Waals surface area contributed by atoms with E-state index in [0.29, 0.717) is 21.5 Å². The number of amides is 2. The Bertz CT molecular complexity index is 1410. The van der Waals surface area contributed by atoms with Gasteiger partial charge in [-0.1, -0.05) is 34.8 Å². The van der Waals surface area contributed by atoms with Gasteiger partial charge in [-0.2, -0.15) is 0 Å². The number of aryl methyl sites for hydroxylation is 2. The van der Waals surface area contributed by atoms with E-state index in [1.807, 2.05) is 13.8 Å². The summed E-state index contributed by atoms with van der Waals surface area (Å²) in [4.78, 5) is 39.3. The van der Waals surface area contributed by atoms with Gasteiger partial charge < -0.3 is 14.8 Å². The highest BCUT2D eigenvalue weighted by Gasteiger charge is 2.40. The highest BCUT2D eigenvalue weighted by molar-refractivity contribution is 6.53. The summed E-state index contributed by atoms with van der Waals surface area (Å²) in [6.45, 7) is 3.65. The van der Waals surface area contributed by atoms with E-state index < -0.39 is 17.8 Å². The van der Waals surface area contributed by atoms with Crippen molar-refractivity contribution in [1.82, 2.24) is 0 Å². The topological polar surface area (TPSA) is 84.9 Å². The molecule has 3 aromatic rings. The van der Waals surface area contributed by atoms with Crippen molar-refractivity contribution in [2.24, 2.45) is 0 Å². The number of benzene rings is 3. The number of esters is 1. The molecule has 0 spiro atoms. The molecule has 0 saturated heterocycles. The highest BCUT2D eigenvalue weighted by atomic mass is 35.5. The van der Waals surface area contributed by atoms with Gasteiger partial charge in [-0.3, -0.25) is 9.59 Å². The average Bonchev–Trinajstić information content (AvgIpc) is 3.05. The van der Waals surface area contributed by atoms with E-state index in [4.69, 9.17) is 44.3 Å². The summed E-state index contributed by atoms with van der Waals surface area (Å²) < 4.78 is 10.7. The number of carbonyl (C=O) groups excluding carboxylic acids is 3. The molecule has 0 aromatic heterocycles. The molecule has 7 nitrogen and oxygen atoms in total. The van der Waals surface area contributed by atoms with E-state index in [1.54, 1.807) is 36.4 Å². The fourth-order valence-electron chi connectivity index (χ4n) is 3.63. The first-order valence-electron chi connectivity index (χ1n) is 10.6. The standard InChI is InChI=1S/C26H19Cl3N2O5/c1-13-10-18(11-14(2)21(13)28)36-26(34)15-4-7-17(8-5-15)30-23-22(29)24(32)31(25(23)33)19-12-16(27)6-9-20(19)35-3/h4-12,30H,1-3H3. The Labute approximate surface area is 222 Å². The maximum absolute atomic E-state index is 13.1. The lowest BCUT2D eigenvalue weighted by Crippen LogP contribution is -2.32. The Morgan fingerprint density at radius 3 is 2.14 bits per heavy atom. The van der Waals surface area contributed by atoms with Crippen LogP contribution in [0.3, 0.4) is 0 Å². The van der Waals surface area contributed by atoms with Gasteiger partial charge >= 0.3 is 5.97 Å². The van der Waals surface area contributed by atoms with Crippen LogP contribution in [-0.2, 0) is 9.59 Å². The second-order valence-corrected chi connectivity index (χ2v) is 9.11. The molecule has 10 heteroatoms. The number of methoxy groups -OCH3 is 1. The fraction of sp³-hybridized carbons (Fsp3) is 0.115. The monoisotopic (exact) mass is 544 g/mol. The summed E-state index contributed by atoms with van der Waals surface area (Å²) >= 11 is 18.4. The van der Waals surface area contributed by atoms with Crippen LogP contribution in [0.2, 0.25) is 10.0 Å². The quantitative estimate of drug-likeness (QED) is 0.223. The van der Waals surface area contributed by atoms with E-state index in [2.05, 4.69) is 5.32 Å². The average molecular weight is 546 g/mol. The molecule has 1 aliphatic heterocycles. The molecule has 4 rings (SSSR count). The van der Waals surface area contributed by atoms with E-state index in [0.717, 1.165) is 16.0 Å². The zero-order valence-corrected chi connectivity index (χ0v) is 21.6. The molecule has 0 saturated carbocycles. The van der Waals surface area contributed by atoms with Crippen molar-refractivity contribution in [3.8, 4) is 11.5 Å². The number of rotatable bonds is 6. The summed E-state index contributed by atoms with van der Waals surface area (Å²) in [5.41, 5.74) is 2.35. The van der Waals surface area contributed by atoms with Crippen LogP contribution in [-0.4, -0.2) is 24.9 Å². The van der Waals surface area contributed by atoms with Gasteiger partial charge in [0.05, 0.1) is 18.4 Å². The Morgan fingerprint density at radius 1 is 0.889 bits per heavy atom. The number of anilines is 2. The van der Waals surface area contributed by atoms with Crippen molar-refractivity contribution >= 4 is 64.0 Å². The van der Waals surface area contributed by atoms with Crippen molar-refractivity contribution in [3.05, 3.63) is 92.1 Å². The minimum absolute atomic E-state index is 0.119. The van der Waals surface area contributed by atoms with Crippen LogP contribution >= 0.6 is 34.8 Å². The van der Waals surface area contributed by atoms with Crippen LogP contribution in [0.5, 0.6) is 11.5 Å². The number of halogens is 3. The summed E-state index contributed by atoms with van der Waals surface area (Å²) in [6, 6.07) is 14.1. The summed E-state index contributed by atoms with van der Waals surface area (Å²) in [7, 11) is 1.41. The number of nitrogens with one attached hydrogen (secondary N) is 1. The molecule has 184 valence electrons. The molecule has 1 heterocycles. The van der Waals surface area contributed by atoms with Crippen molar-refractivity contribution in [1.29, 1.82) is 0 Å². The number of hydrogen-bond acceptors (Lipinski definition) is 6. The van der Waals surface area contributed by atoms with E-state index in [1.165, 1.54) is 25.3 Å². The van der Waals surface area contributed by atoms with Gasteiger partial charge in [-0.05, 0) is 79.6 Å². The number of hydrogen-bond donors (Lipinski definition) is 1. The van der Waals surface area contributed by atoms with Gasteiger partial charge in [0.15, 0.2) is 0 Å². The lowest BCUT2D eigenvalue weighted by molar-refractivity contribution is -0.120. The third-order valence-electron chi connectivity index (χ3n) is 5.42. The molecule has 36 heavy (non-hydrogen) atoms. The number of nitrogens with zero attached hydrogens (tertiary/aromatic N) is 1. The van der Waals surface area contributed by atoms with Gasteiger partial charge in [0.25, 0.3) is 11.8 Å². The first-order chi connectivity index (χ1) is 17.1. The lowest BCUT2D eigenvalue weighted by Gasteiger charge is -2.18. The lowest BCUT2D eigenvalue weighted by atomic mass is 10.1. The summed E-state index contributed by atoms with van der Waals surface area (Å²) in [5, 5.41) is 3.49. The van der Waals surface area contributed by atoms with Crippen LogP contribution in [0.4, 0.5) is 11.4 Å². The maximum atomic E-state index is 13.1. The van der Waals surface area contributed by atoms with E-state index in [-0.39, 0.29) is 27.7 Å². The maximum Gasteiger partial charge on any atom is 0.343 e. The molecule has 0 bridgehead atoms. The Morgan fingerprint density at radius 2 is 1.53 bits per heavy atom. The predicted molar refractivity (Wildman–Crippen MR) is 139 cm³/mol. The summed E-state index contributed by atoms with van der Waals surface area (Å²) in [6.07, 6.45) is 0. The van der Waals surface area contributed by atoms with Crippen molar-refractivity contribution < 1.29 is 23.9 Å². The second-order valence-electron chi connectivity index (χ2n) is 7.91. The fourth-order valence-corrected chi connectivity index (χ4v) is 4.12. The summed E-state index contributed by atoms with van der Waals surface area (Å²) in [5.74, 6) is -1.31. The number of imide groups is 1. The predicted octanol–water partition coefficient (Wildman–Crippen LogP) is 6.27. The Hall–Kier alpha value is -3.52. The molecule has 0 fully saturated rings. The zero-order valence-electron chi connectivity index (χ0n) is 19.3. The Kier molecular flexibility index (Phi) is 7.26. The SMILES string of the molecule is COc1ccc(Cl)cc1N1C(=O)C(Cl)=C(Nc2ccc(C(=O)Oc3cc(C)c(Cl)c(C)c3)cc2)C1=O. The third kappa shape index (κ3) is 4.91. The molecule has 3 aromatic carbocycles. The van der Waals surface area contributed by atoms with Crippen LogP contribution in [0, 0.1) is 13.8 Å². The molecule has 0 unspecified atom stereocenters. The molecule has 0 aliphatic carbocycles. The molecular formula is C26H19Cl3N2O5. The van der Waals surface area contributed by atoms with Crippen molar-refractivity contribution in [3.63, 3.8) is 0 Å². The Balaban J connectivity index is 1.51. The second kappa shape index (κ2) is 10.2. The molecule has 2 amide bonds. The normalized spacial score (nSPS) is 13.3. The molecule has 0 atom stereocenters. The van der Waals surface area contributed by atoms with Crippen molar-refractivity contribution in [2.45, 2.75) is 13.8 Å². The molecular weight excluding hydrogens is 527 g/mol. The molecule has 0 radical (unpaired) electrons. The van der Waals surface area contributed by atoms with Crippen LogP contribution in [0.1, 0.15) is 21.5 Å². The van der Waals surface area contributed by atoms with Crippen LogP contribution in [0.25, 0.3) is 0 Å². The van der Waals surface area contributed by atoms with Gasteiger partial charge in [0.2, 0.25) is 0 Å². The van der Waals surface area contributed by atoms with Gasteiger partial charge in [-0.25, -0.2) is 9.69 Å². The van der Waals surface area contributed by atoms with Crippen molar-refractivity contribution in [2.75, 3.05) is 17.3 Å². The van der Waals surface area contributed by atoms with Crippen LogP contribution < -0.4 is 19.7 Å². The molecule has 1 aliphatic rings. The van der Waals surface area contributed by atoms with Gasteiger partial charge in [-0.15, -0.1) is 0 Å². The van der Waals surface area contributed by atoms with E-state index in [9.17, 15) is 14.4 Å². The zero-order chi connectivity index (χ0) is 26.1. The number of ether oxygens (including phenoxy) is 2. The minimum atomic E-state index is -0.724. The van der Waals surface area contributed by atoms with E-state index >= 15 is 0 Å². The van der Waals surface area contributed by atoms with Gasteiger partial charge in [0, 0.05) is 15.7 Å². The van der Waals surface area contributed by atoms with Gasteiger partial charge in [0.1, 0.15) is 22.2 Å². The smallest absolute Gasteiger partial charge is 0.343 e. The largest absolute Gasteiger partial charge is 0.495 e. The third-order valence-corrected chi connectivity index (χ3v) is 6.60. The molecule has 1 N–H and O–H groups in total. The first-order valence-corrected chi connectivity index (χ1v) is 11.7. The highest BCUT2D eigenvalue weighted by Crippen LogP contribution is 2.37.